The van der Waals surface area contributed by atoms with Crippen LogP contribution in [-0.4, -0.2) is 19.0 Å². The summed E-state index contributed by atoms with van der Waals surface area (Å²) in [4.78, 5) is 12.8. The number of benzene rings is 2. The summed E-state index contributed by atoms with van der Waals surface area (Å²) in [6.45, 7) is 0.883. The van der Waals surface area contributed by atoms with E-state index in [-0.39, 0.29) is 17.6 Å². The van der Waals surface area contributed by atoms with Gasteiger partial charge in [0.05, 0.1) is 11.8 Å². The molecule has 0 saturated carbocycles. The fourth-order valence-corrected chi connectivity index (χ4v) is 3.04. The number of hydrogen-bond acceptors (Lipinski definition) is 3. The molecule has 3 nitrogen and oxygen atoms in total. The number of hydrogen-bond donors (Lipinski definition) is 0. The van der Waals surface area contributed by atoms with Gasteiger partial charge in [0, 0.05) is 11.1 Å². The molecule has 0 aromatic heterocycles. The third kappa shape index (κ3) is 1.63. The molecule has 0 spiro atoms. The van der Waals surface area contributed by atoms with Gasteiger partial charge in [0.1, 0.15) is 24.7 Å². The lowest BCUT2D eigenvalue weighted by molar-refractivity contribution is -0.122. The van der Waals surface area contributed by atoms with Crippen LogP contribution < -0.4 is 9.47 Å². The minimum atomic E-state index is -0.175. The first-order chi connectivity index (χ1) is 9.84. The van der Waals surface area contributed by atoms with Crippen molar-refractivity contribution in [1.82, 2.24) is 0 Å². The van der Waals surface area contributed by atoms with Crippen LogP contribution in [0.5, 0.6) is 11.5 Å². The summed E-state index contributed by atoms with van der Waals surface area (Å²) in [6, 6.07) is 15.6. The molecule has 0 amide bonds. The van der Waals surface area contributed by atoms with E-state index in [1.807, 2.05) is 48.5 Å². The highest BCUT2D eigenvalue weighted by molar-refractivity contribution is 5.94. The Balaban J connectivity index is 1.67. The van der Waals surface area contributed by atoms with Gasteiger partial charge in [-0.15, -0.1) is 0 Å². The molecule has 2 aromatic rings. The summed E-state index contributed by atoms with van der Waals surface area (Å²) in [5.74, 6) is 1.51. The Morgan fingerprint density at radius 3 is 1.75 bits per heavy atom. The average Bonchev–Trinajstić information content (AvgIpc) is 3.11. The van der Waals surface area contributed by atoms with Crippen molar-refractivity contribution < 1.29 is 14.3 Å². The normalized spacial score (nSPS) is 22.6. The monoisotopic (exact) mass is 266 g/mol. The second-order valence-corrected chi connectivity index (χ2v) is 5.21. The van der Waals surface area contributed by atoms with E-state index in [1.54, 1.807) is 0 Å². The van der Waals surface area contributed by atoms with Gasteiger partial charge in [0.2, 0.25) is 0 Å². The van der Waals surface area contributed by atoms with Crippen molar-refractivity contribution in [1.29, 1.82) is 0 Å². The molecule has 2 aromatic carbocycles. The van der Waals surface area contributed by atoms with E-state index < -0.39 is 0 Å². The molecule has 0 fully saturated rings. The highest BCUT2D eigenvalue weighted by Crippen LogP contribution is 2.41. The zero-order valence-corrected chi connectivity index (χ0v) is 10.9. The van der Waals surface area contributed by atoms with Gasteiger partial charge in [-0.25, -0.2) is 0 Å². The quantitative estimate of drug-likeness (QED) is 0.838. The van der Waals surface area contributed by atoms with Crippen LogP contribution in [0.2, 0.25) is 0 Å². The van der Waals surface area contributed by atoms with E-state index in [9.17, 15) is 4.79 Å². The van der Waals surface area contributed by atoms with Gasteiger partial charge >= 0.3 is 0 Å². The molecule has 0 saturated heterocycles. The Labute approximate surface area is 117 Å². The summed E-state index contributed by atoms with van der Waals surface area (Å²) in [7, 11) is 0. The number of ketones is 1. The van der Waals surface area contributed by atoms with E-state index in [0.717, 1.165) is 22.6 Å². The second kappa shape index (κ2) is 4.37. The van der Waals surface area contributed by atoms with Gasteiger partial charge in [-0.2, -0.15) is 0 Å². The van der Waals surface area contributed by atoms with Gasteiger partial charge in [-0.3, -0.25) is 4.79 Å². The maximum absolute atomic E-state index is 12.8. The molecule has 2 atom stereocenters. The van der Waals surface area contributed by atoms with Crippen molar-refractivity contribution in [3.8, 4) is 11.5 Å². The number of para-hydroxylation sites is 2. The molecule has 0 N–H and O–H groups in total. The first-order valence-electron chi connectivity index (χ1n) is 6.82. The predicted octanol–water partition coefficient (Wildman–Crippen LogP) is 2.91. The Kier molecular flexibility index (Phi) is 2.52. The molecule has 2 unspecified atom stereocenters. The molecular formula is C17H14O3. The lowest BCUT2D eigenvalue weighted by atomic mass is 9.86. The van der Waals surface area contributed by atoms with Gasteiger partial charge in [-0.05, 0) is 12.1 Å². The molecule has 100 valence electrons. The molecule has 0 aliphatic carbocycles. The van der Waals surface area contributed by atoms with Crippen molar-refractivity contribution in [2.24, 2.45) is 0 Å². The molecule has 2 heterocycles. The second-order valence-electron chi connectivity index (χ2n) is 5.21. The van der Waals surface area contributed by atoms with E-state index in [2.05, 4.69) is 0 Å². The van der Waals surface area contributed by atoms with E-state index in [1.165, 1.54) is 0 Å². The van der Waals surface area contributed by atoms with Crippen molar-refractivity contribution in [2.45, 2.75) is 11.8 Å². The molecule has 0 radical (unpaired) electrons. The third-order valence-electron chi connectivity index (χ3n) is 4.09. The summed E-state index contributed by atoms with van der Waals surface area (Å²) in [5, 5.41) is 0. The van der Waals surface area contributed by atoms with E-state index in [0.29, 0.717) is 13.2 Å². The number of rotatable bonds is 2. The standard InChI is InChI=1S/C17H14O3/c18-17(13-9-19-15-7-3-1-5-11(13)15)14-10-20-16-8-4-2-6-12(14)16/h1-8,13-14H,9-10H2. The van der Waals surface area contributed by atoms with Gasteiger partial charge in [-0.1, -0.05) is 36.4 Å². The third-order valence-corrected chi connectivity index (χ3v) is 4.09. The number of fused-ring (bicyclic) bond motifs is 2. The molecule has 3 heteroatoms. The zero-order valence-electron chi connectivity index (χ0n) is 10.9. The Morgan fingerprint density at radius 1 is 0.800 bits per heavy atom. The molecule has 4 rings (SSSR count). The molecule has 20 heavy (non-hydrogen) atoms. The van der Waals surface area contributed by atoms with Crippen LogP contribution in [-0.2, 0) is 4.79 Å². The largest absolute Gasteiger partial charge is 0.492 e. The molecule has 0 bridgehead atoms. The first kappa shape index (κ1) is 11.5. The van der Waals surface area contributed by atoms with Crippen LogP contribution in [0.3, 0.4) is 0 Å². The zero-order chi connectivity index (χ0) is 13.5. The van der Waals surface area contributed by atoms with Crippen molar-refractivity contribution in [3.63, 3.8) is 0 Å². The Bertz CT molecular complexity index is 620. The SMILES string of the molecule is O=C(C1COc2ccccc21)C1COc2ccccc21. The van der Waals surface area contributed by atoms with Crippen molar-refractivity contribution >= 4 is 5.78 Å². The number of ether oxygens (including phenoxy) is 2. The number of Topliss-reactive ketones (excluding diaryl/α,β-unsaturated/α-hetero) is 1. The van der Waals surface area contributed by atoms with Crippen LogP contribution in [0.1, 0.15) is 23.0 Å². The summed E-state index contributed by atoms with van der Waals surface area (Å²) in [5.41, 5.74) is 2.00. The van der Waals surface area contributed by atoms with Crippen LogP contribution in [0, 0.1) is 0 Å². The highest BCUT2D eigenvalue weighted by atomic mass is 16.5. The maximum Gasteiger partial charge on any atom is 0.154 e. The average molecular weight is 266 g/mol. The van der Waals surface area contributed by atoms with Gasteiger partial charge in [0.25, 0.3) is 0 Å². The van der Waals surface area contributed by atoms with Crippen molar-refractivity contribution in [3.05, 3.63) is 59.7 Å². The smallest absolute Gasteiger partial charge is 0.154 e. The van der Waals surface area contributed by atoms with Crippen LogP contribution in [0.4, 0.5) is 0 Å². The lowest BCUT2D eigenvalue weighted by Gasteiger charge is -2.13. The molecular weight excluding hydrogens is 252 g/mol. The summed E-state index contributed by atoms with van der Waals surface area (Å²) < 4.78 is 11.2. The van der Waals surface area contributed by atoms with Crippen LogP contribution >= 0.6 is 0 Å². The minimum absolute atomic E-state index is 0.175. The van der Waals surface area contributed by atoms with Crippen LogP contribution in [0.15, 0.2) is 48.5 Å². The number of carbonyl (C=O) groups excluding carboxylic acids is 1. The minimum Gasteiger partial charge on any atom is -0.492 e. The van der Waals surface area contributed by atoms with E-state index in [4.69, 9.17) is 9.47 Å². The van der Waals surface area contributed by atoms with Crippen molar-refractivity contribution in [2.75, 3.05) is 13.2 Å². The fraction of sp³-hybridized carbons (Fsp3) is 0.235. The van der Waals surface area contributed by atoms with Crippen LogP contribution in [0.25, 0.3) is 0 Å². The molecule has 2 aliphatic heterocycles. The summed E-state index contributed by atoms with van der Waals surface area (Å²) >= 11 is 0. The highest BCUT2D eigenvalue weighted by Gasteiger charge is 2.38. The van der Waals surface area contributed by atoms with Gasteiger partial charge in [0.15, 0.2) is 5.78 Å². The van der Waals surface area contributed by atoms with E-state index >= 15 is 0 Å². The summed E-state index contributed by atoms with van der Waals surface area (Å²) in [6.07, 6.45) is 0. The lowest BCUT2D eigenvalue weighted by Crippen LogP contribution is -2.22. The topological polar surface area (TPSA) is 35.5 Å². The Hall–Kier alpha value is -2.29. The fourth-order valence-electron chi connectivity index (χ4n) is 3.04. The van der Waals surface area contributed by atoms with Gasteiger partial charge < -0.3 is 9.47 Å². The predicted molar refractivity (Wildman–Crippen MR) is 74.4 cm³/mol. The maximum atomic E-state index is 12.8. The Morgan fingerprint density at radius 2 is 1.25 bits per heavy atom. The number of carbonyl (C=O) groups is 1. The first-order valence-corrected chi connectivity index (χ1v) is 6.82. The molecule has 2 aliphatic rings.